The van der Waals surface area contributed by atoms with Gasteiger partial charge in [0.15, 0.2) is 0 Å². The molecule has 0 amide bonds. The van der Waals surface area contributed by atoms with Gasteiger partial charge in [-0.25, -0.2) is 4.98 Å². The molecule has 27 heavy (non-hydrogen) atoms. The largest absolute Gasteiger partial charge is 0.497 e. The minimum Gasteiger partial charge on any atom is -0.497 e. The Balaban J connectivity index is 1.61. The molecule has 1 aromatic heterocycles. The predicted molar refractivity (Wildman–Crippen MR) is 105 cm³/mol. The Morgan fingerprint density at radius 1 is 0.889 bits per heavy atom. The second-order valence-corrected chi connectivity index (χ2v) is 6.14. The highest BCUT2D eigenvalue weighted by atomic mass is 16.5. The van der Waals surface area contributed by atoms with E-state index >= 15 is 0 Å². The molecular formula is C23H18N2O2. The molecule has 0 bridgehead atoms. The van der Waals surface area contributed by atoms with Crippen LogP contribution in [-0.4, -0.2) is 22.4 Å². The lowest BCUT2D eigenvalue weighted by atomic mass is 10.1. The van der Waals surface area contributed by atoms with Crippen LogP contribution in [-0.2, 0) is 0 Å². The predicted octanol–water partition coefficient (Wildman–Crippen LogP) is 4.78. The number of rotatable bonds is 5. The van der Waals surface area contributed by atoms with Crippen LogP contribution in [0.3, 0.4) is 0 Å². The Morgan fingerprint density at radius 3 is 2.37 bits per heavy atom. The van der Waals surface area contributed by atoms with Gasteiger partial charge < -0.3 is 9.30 Å². The average Bonchev–Trinajstić information content (AvgIpc) is 3.24. The summed E-state index contributed by atoms with van der Waals surface area (Å²) < 4.78 is 7.00. The van der Waals surface area contributed by atoms with Crippen LogP contribution in [0, 0.1) is 0 Å². The van der Waals surface area contributed by atoms with E-state index in [1.54, 1.807) is 43.9 Å². The number of ketones is 1. The van der Waals surface area contributed by atoms with Crippen molar-refractivity contribution in [3.63, 3.8) is 0 Å². The van der Waals surface area contributed by atoms with Crippen molar-refractivity contribution in [1.82, 2.24) is 9.55 Å². The number of carbonyl (C=O) groups is 1. The molecule has 0 spiro atoms. The number of benzene rings is 3. The fraction of sp³-hybridized carbons (Fsp3) is 0.0435. The summed E-state index contributed by atoms with van der Waals surface area (Å²) in [6, 6.07) is 25.4. The third-order valence-corrected chi connectivity index (χ3v) is 4.42. The SMILES string of the molecule is COc1ccc(C(=O)c2cn(-c3cccc(-c4ccccc4)c3)cn2)cc1. The minimum atomic E-state index is -0.115. The number of ether oxygens (including phenoxy) is 1. The maximum atomic E-state index is 12.7. The quantitative estimate of drug-likeness (QED) is 0.485. The molecule has 0 unspecified atom stereocenters. The summed E-state index contributed by atoms with van der Waals surface area (Å²) in [4.78, 5) is 17.0. The molecule has 0 fully saturated rings. The summed E-state index contributed by atoms with van der Waals surface area (Å²) in [5, 5.41) is 0. The van der Waals surface area contributed by atoms with Crippen LogP contribution in [0.15, 0.2) is 91.4 Å². The average molecular weight is 354 g/mol. The molecular weight excluding hydrogens is 336 g/mol. The zero-order valence-corrected chi connectivity index (χ0v) is 14.9. The Labute approximate surface area is 157 Å². The lowest BCUT2D eigenvalue weighted by Crippen LogP contribution is -2.01. The highest BCUT2D eigenvalue weighted by Crippen LogP contribution is 2.22. The van der Waals surface area contributed by atoms with Gasteiger partial charge in [0, 0.05) is 17.4 Å². The van der Waals surface area contributed by atoms with Gasteiger partial charge in [-0.2, -0.15) is 0 Å². The smallest absolute Gasteiger partial charge is 0.212 e. The van der Waals surface area contributed by atoms with E-state index in [2.05, 4.69) is 29.2 Å². The standard InChI is InChI=1S/C23H18N2O2/c1-27-21-12-10-18(11-13-21)23(26)22-15-25(16-24-22)20-9-5-8-19(14-20)17-6-3-2-4-7-17/h2-16H,1H3. The highest BCUT2D eigenvalue weighted by molar-refractivity contribution is 6.07. The number of hydrogen-bond acceptors (Lipinski definition) is 3. The van der Waals surface area contributed by atoms with Gasteiger partial charge in [-0.3, -0.25) is 4.79 Å². The number of nitrogens with zero attached hydrogens (tertiary/aromatic N) is 2. The monoisotopic (exact) mass is 354 g/mol. The van der Waals surface area contributed by atoms with Crippen LogP contribution in [0.25, 0.3) is 16.8 Å². The van der Waals surface area contributed by atoms with Crippen molar-refractivity contribution in [3.8, 4) is 22.6 Å². The van der Waals surface area contributed by atoms with E-state index in [-0.39, 0.29) is 5.78 Å². The Hall–Kier alpha value is -3.66. The van der Waals surface area contributed by atoms with Gasteiger partial charge in [0.05, 0.1) is 7.11 Å². The third kappa shape index (κ3) is 3.51. The van der Waals surface area contributed by atoms with E-state index in [0.29, 0.717) is 11.3 Å². The molecule has 0 aliphatic carbocycles. The second-order valence-electron chi connectivity index (χ2n) is 6.14. The third-order valence-electron chi connectivity index (χ3n) is 4.42. The summed E-state index contributed by atoms with van der Waals surface area (Å²) in [5.74, 6) is 0.602. The molecule has 4 rings (SSSR count). The van der Waals surface area contributed by atoms with Gasteiger partial charge >= 0.3 is 0 Å². The number of aromatic nitrogens is 2. The van der Waals surface area contributed by atoms with Crippen LogP contribution in [0.1, 0.15) is 16.1 Å². The molecule has 0 saturated carbocycles. The fourth-order valence-electron chi connectivity index (χ4n) is 2.95. The normalized spacial score (nSPS) is 10.6. The zero-order valence-electron chi connectivity index (χ0n) is 14.9. The van der Waals surface area contributed by atoms with Crippen molar-refractivity contribution < 1.29 is 9.53 Å². The van der Waals surface area contributed by atoms with Crippen molar-refractivity contribution in [2.24, 2.45) is 0 Å². The number of carbonyl (C=O) groups excluding carboxylic acids is 1. The molecule has 1 heterocycles. The first kappa shape index (κ1) is 16.8. The summed E-state index contributed by atoms with van der Waals surface area (Å²) in [7, 11) is 1.60. The maximum absolute atomic E-state index is 12.7. The first-order valence-corrected chi connectivity index (χ1v) is 8.63. The molecule has 132 valence electrons. The van der Waals surface area contributed by atoms with Crippen molar-refractivity contribution >= 4 is 5.78 Å². The summed E-state index contributed by atoms with van der Waals surface area (Å²) in [5.41, 5.74) is 4.21. The molecule has 0 saturated heterocycles. The molecule has 4 aromatic rings. The fourth-order valence-corrected chi connectivity index (χ4v) is 2.95. The molecule has 4 heteroatoms. The number of hydrogen-bond donors (Lipinski definition) is 0. The molecule has 3 aromatic carbocycles. The van der Waals surface area contributed by atoms with E-state index < -0.39 is 0 Å². The molecule has 0 atom stereocenters. The Morgan fingerprint density at radius 2 is 1.63 bits per heavy atom. The lowest BCUT2D eigenvalue weighted by molar-refractivity contribution is 0.103. The first-order valence-electron chi connectivity index (χ1n) is 8.63. The summed E-state index contributed by atoms with van der Waals surface area (Å²) in [6.45, 7) is 0. The molecule has 0 aliphatic heterocycles. The van der Waals surface area contributed by atoms with Crippen molar-refractivity contribution in [1.29, 1.82) is 0 Å². The van der Waals surface area contributed by atoms with Crippen molar-refractivity contribution in [2.45, 2.75) is 0 Å². The minimum absolute atomic E-state index is 0.115. The van der Waals surface area contributed by atoms with Crippen molar-refractivity contribution in [3.05, 3.63) is 103 Å². The molecule has 0 aliphatic rings. The molecule has 4 nitrogen and oxygen atoms in total. The summed E-state index contributed by atoms with van der Waals surface area (Å²) >= 11 is 0. The number of imidazole rings is 1. The van der Waals surface area contributed by atoms with Crippen LogP contribution in [0.2, 0.25) is 0 Å². The van der Waals surface area contributed by atoms with Gasteiger partial charge in [-0.05, 0) is 47.5 Å². The second kappa shape index (κ2) is 7.30. The van der Waals surface area contributed by atoms with Gasteiger partial charge in [0.25, 0.3) is 0 Å². The van der Waals surface area contributed by atoms with Gasteiger partial charge in [0.2, 0.25) is 5.78 Å². The topological polar surface area (TPSA) is 44.1 Å². The van der Waals surface area contributed by atoms with Crippen LogP contribution >= 0.6 is 0 Å². The van der Waals surface area contributed by atoms with Gasteiger partial charge in [-0.15, -0.1) is 0 Å². The van der Waals surface area contributed by atoms with Gasteiger partial charge in [0.1, 0.15) is 17.8 Å². The zero-order chi connectivity index (χ0) is 18.6. The highest BCUT2D eigenvalue weighted by Gasteiger charge is 2.13. The van der Waals surface area contributed by atoms with E-state index in [1.165, 1.54) is 0 Å². The van der Waals surface area contributed by atoms with Crippen LogP contribution in [0.4, 0.5) is 0 Å². The van der Waals surface area contributed by atoms with Crippen LogP contribution in [0.5, 0.6) is 5.75 Å². The van der Waals surface area contributed by atoms with Gasteiger partial charge in [-0.1, -0.05) is 42.5 Å². The van der Waals surface area contributed by atoms with E-state index in [0.717, 1.165) is 22.6 Å². The van der Waals surface area contributed by atoms with E-state index in [1.807, 2.05) is 34.9 Å². The van der Waals surface area contributed by atoms with E-state index in [9.17, 15) is 4.79 Å². The first-order chi connectivity index (χ1) is 13.2. The Bertz CT molecular complexity index is 1070. The lowest BCUT2D eigenvalue weighted by Gasteiger charge is -2.06. The summed E-state index contributed by atoms with van der Waals surface area (Å²) in [6.07, 6.45) is 3.43. The number of methoxy groups -OCH3 is 1. The van der Waals surface area contributed by atoms with E-state index in [4.69, 9.17) is 4.74 Å². The van der Waals surface area contributed by atoms with Crippen LogP contribution < -0.4 is 4.74 Å². The molecule has 0 radical (unpaired) electrons. The maximum Gasteiger partial charge on any atom is 0.212 e. The Kier molecular flexibility index (Phi) is 4.54. The van der Waals surface area contributed by atoms with Crippen molar-refractivity contribution in [2.75, 3.05) is 7.11 Å². The molecule has 0 N–H and O–H groups in total.